The van der Waals surface area contributed by atoms with Crippen molar-refractivity contribution in [1.82, 2.24) is 4.98 Å². The Morgan fingerprint density at radius 2 is 2.25 bits per heavy atom. The van der Waals surface area contributed by atoms with E-state index < -0.39 is 0 Å². The van der Waals surface area contributed by atoms with E-state index >= 15 is 0 Å². The number of anilines is 2. The molecule has 0 fully saturated rings. The number of methoxy groups -OCH3 is 1. The number of nitrogen functional groups attached to an aromatic ring is 1. The van der Waals surface area contributed by atoms with Crippen LogP contribution in [0.1, 0.15) is 18.4 Å². The Hall–Kier alpha value is -0.810. The maximum atomic E-state index is 5.75. The van der Waals surface area contributed by atoms with Crippen molar-refractivity contribution in [1.29, 1.82) is 0 Å². The van der Waals surface area contributed by atoms with E-state index in [0.29, 0.717) is 5.69 Å². The Bertz CT molecular complexity index is 344. The summed E-state index contributed by atoms with van der Waals surface area (Å²) in [5, 5.41) is 3.27. The van der Waals surface area contributed by atoms with Gasteiger partial charge < -0.3 is 15.8 Å². The number of hydrogen-bond donors (Lipinski definition) is 2. The molecular formula is C11H18BrN3O. The van der Waals surface area contributed by atoms with Crippen LogP contribution < -0.4 is 11.1 Å². The van der Waals surface area contributed by atoms with Gasteiger partial charge in [-0.2, -0.15) is 0 Å². The second-order valence-electron chi connectivity index (χ2n) is 3.63. The van der Waals surface area contributed by atoms with E-state index in [2.05, 4.69) is 26.2 Å². The molecule has 1 aromatic heterocycles. The minimum absolute atomic E-state index is 0.705. The molecular weight excluding hydrogens is 270 g/mol. The maximum absolute atomic E-state index is 5.75. The molecule has 1 aromatic rings. The molecule has 1 rings (SSSR count). The first-order valence-corrected chi connectivity index (χ1v) is 6.09. The van der Waals surface area contributed by atoms with E-state index in [-0.39, 0.29) is 0 Å². The molecule has 0 aliphatic rings. The van der Waals surface area contributed by atoms with Gasteiger partial charge in [-0.25, -0.2) is 4.98 Å². The zero-order valence-electron chi connectivity index (χ0n) is 9.72. The molecule has 0 unspecified atom stereocenters. The zero-order valence-corrected chi connectivity index (χ0v) is 11.3. The van der Waals surface area contributed by atoms with Gasteiger partial charge in [0.15, 0.2) is 0 Å². The standard InChI is InChI=1S/C11H18BrN3O/c1-8-9(13)7-15-11(10(8)12)14-5-3-4-6-16-2/h7H,3-6,13H2,1-2H3,(H,14,15). The molecule has 16 heavy (non-hydrogen) atoms. The lowest BCUT2D eigenvalue weighted by atomic mass is 10.2. The van der Waals surface area contributed by atoms with Crippen LogP contribution in [-0.4, -0.2) is 25.2 Å². The molecule has 0 saturated heterocycles. The number of ether oxygens (including phenoxy) is 1. The first-order chi connectivity index (χ1) is 7.66. The smallest absolute Gasteiger partial charge is 0.140 e. The summed E-state index contributed by atoms with van der Waals surface area (Å²) in [5.74, 6) is 0.851. The van der Waals surface area contributed by atoms with Gasteiger partial charge in [0.2, 0.25) is 0 Å². The number of halogens is 1. The minimum atomic E-state index is 0.705. The van der Waals surface area contributed by atoms with Crippen LogP contribution in [0.2, 0.25) is 0 Å². The Labute approximate surface area is 105 Å². The summed E-state index contributed by atoms with van der Waals surface area (Å²) in [4.78, 5) is 4.24. The summed E-state index contributed by atoms with van der Waals surface area (Å²) in [6, 6.07) is 0. The summed E-state index contributed by atoms with van der Waals surface area (Å²) in [5.41, 5.74) is 7.48. The SMILES string of the molecule is COCCCCNc1ncc(N)c(C)c1Br. The predicted octanol–water partition coefficient (Wildman–Crippen LogP) is 2.57. The van der Waals surface area contributed by atoms with Crippen LogP contribution in [0.15, 0.2) is 10.7 Å². The van der Waals surface area contributed by atoms with E-state index in [1.807, 2.05) is 6.92 Å². The van der Waals surface area contributed by atoms with E-state index in [1.165, 1.54) is 0 Å². The van der Waals surface area contributed by atoms with E-state index in [0.717, 1.165) is 41.8 Å². The van der Waals surface area contributed by atoms with Crippen molar-refractivity contribution in [2.75, 3.05) is 31.3 Å². The molecule has 0 amide bonds. The fraction of sp³-hybridized carbons (Fsp3) is 0.545. The van der Waals surface area contributed by atoms with Gasteiger partial charge in [0, 0.05) is 20.3 Å². The number of rotatable bonds is 6. The molecule has 1 heterocycles. The van der Waals surface area contributed by atoms with Crippen molar-refractivity contribution in [3.05, 3.63) is 16.2 Å². The topological polar surface area (TPSA) is 60.2 Å². The molecule has 0 radical (unpaired) electrons. The van der Waals surface area contributed by atoms with Crippen molar-refractivity contribution < 1.29 is 4.74 Å². The molecule has 3 N–H and O–H groups in total. The molecule has 0 aliphatic heterocycles. The Morgan fingerprint density at radius 3 is 2.94 bits per heavy atom. The van der Waals surface area contributed by atoms with Crippen LogP contribution in [0.4, 0.5) is 11.5 Å². The summed E-state index contributed by atoms with van der Waals surface area (Å²) in [7, 11) is 1.72. The summed E-state index contributed by atoms with van der Waals surface area (Å²) < 4.78 is 5.93. The van der Waals surface area contributed by atoms with Gasteiger partial charge in [0.25, 0.3) is 0 Å². The summed E-state index contributed by atoms with van der Waals surface area (Å²) >= 11 is 3.48. The third-order valence-corrected chi connectivity index (χ3v) is 3.34. The highest BCUT2D eigenvalue weighted by Gasteiger charge is 2.06. The quantitative estimate of drug-likeness (QED) is 0.790. The van der Waals surface area contributed by atoms with Crippen LogP contribution in [0.25, 0.3) is 0 Å². The Morgan fingerprint density at radius 1 is 1.50 bits per heavy atom. The van der Waals surface area contributed by atoms with Crippen molar-refractivity contribution in [2.24, 2.45) is 0 Å². The lowest BCUT2D eigenvalue weighted by Gasteiger charge is -2.10. The van der Waals surface area contributed by atoms with E-state index in [9.17, 15) is 0 Å². The zero-order chi connectivity index (χ0) is 12.0. The number of nitrogens with one attached hydrogen (secondary N) is 1. The highest BCUT2D eigenvalue weighted by molar-refractivity contribution is 9.10. The fourth-order valence-corrected chi connectivity index (χ4v) is 1.76. The first-order valence-electron chi connectivity index (χ1n) is 5.30. The Balaban J connectivity index is 2.45. The molecule has 0 saturated carbocycles. The molecule has 90 valence electrons. The fourth-order valence-electron chi connectivity index (χ4n) is 1.29. The lowest BCUT2D eigenvalue weighted by Crippen LogP contribution is -2.06. The van der Waals surface area contributed by atoms with Gasteiger partial charge in [-0.15, -0.1) is 0 Å². The molecule has 0 atom stereocenters. The lowest BCUT2D eigenvalue weighted by molar-refractivity contribution is 0.194. The average Bonchev–Trinajstić information content (AvgIpc) is 2.28. The van der Waals surface area contributed by atoms with Crippen LogP contribution in [0.5, 0.6) is 0 Å². The second kappa shape index (κ2) is 6.70. The number of pyridine rings is 1. The molecule has 0 spiro atoms. The van der Waals surface area contributed by atoms with Crippen LogP contribution >= 0.6 is 15.9 Å². The first kappa shape index (κ1) is 13.3. The number of aromatic nitrogens is 1. The molecule has 0 aliphatic carbocycles. The van der Waals surface area contributed by atoms with E-state index in [4.69, 9.17) is 10.5 Å². The minimum Gasteiger partial charge on any atom is -0.397 e. The average molecular weight is 288 g/mol. The monoisotopic (exact) mass is 287 g/mol. The number of unbranched alkanes of at least 4 members (excludes halogenated alkanes) is 1. The van der Waals surface area contributed by atoms with Crippen LogP contribution in [0.3, 0.4) is 0 Å². The largest absolute Gasteiger partial charge is 0.397 e. The van der Waals surface area contributed by atoms with E-state index in [1.54, 1.807) is 13.3 Å². The summed E-state index contributed by atoms with van der Waals surface area (Å²) in [6.07, 6.45) is 3.79. The van der Waals surface area contributed by atoms with Gasteiger partial charge in [-0.3, -0.25) is 0 Å². The third kappa shape index (κ3) is 3.64. The normalized spacial score (nSPS) is 10.4. The molecule has 5 heteroatoms. The summed E-state index contributed by atoms with van der Waals surface area (Å²) in [6.45, 7) is 3.66. The molecule has 0 bridgehead atoms. The Kier molecular flexibility index (Phi) is 5.55. The third-order valence-electron chi connectivity index (χ3n) is 2.37. The van der Waals surface area contributed by atoms with Crippen LogP contribution in [-0.2, 0) is 4.74 Å². The van der Waals surface area contributed by atoms with Gasteiger partial charge in [-0.05, 0) is 41.3 Å². The van der Waals surface area contributed by atoms with Gasteiger partial charge in [0.05, 0.1) is 16.4 Å². The van der Waals surface area contributed by atoms with Gasteiger partial charge >= 0.3 is 0 Å². The van der Waals surface area contributed by atoms with Crippen LogP contribution in [0, 0.1) is 6.92 Å². The predicted molar refractivity (Wildman–Crippen MR) is 70.7 cm³/mol. The highest BCUT2D eigenvalue weighted by Crippen LogP contribution is 2.27. The number of nitrogens with zero attached hydrogens (tertiary/aromatic N) is 1. The second-order valence-corrected chi connectivity index (χ2v) is 4.42. The number of hydrogen-bond acceptors (Lipinski definition) is 4. The van der Waals surface area contributed by atoms with Crippen molar-refractivity contribution in [3.8, 4) is 0 Å². The molecule has 0 aromatic carbocycles. The molecule has 4 nitrogen and oxygen atoms in total. The van der Waals surface area contributed by atoms with Gasteiger partial charge in [0.1, 0.15) is 5.82 Å². The van der Waals surface area contributed by atoms with Crippen molar-refractivity contribution in [3.63, 3.8) is 0 Å². The van der Waals surface area contributed by atoms with Crippen molar-refractivity contribution >= 4 is 27.4 Å². The number of nitrogens with two attached hydrogens (primary N) is 1. The van der Waals surface area contributed by atoms with Gasteiger partial charge in [-0.1, -0.05) is 0 Å². The van der Waals surface area contributed by atoms with Crippen molar-refractivity contribution in [2.45, 2.75) is 19.8 Å². The maximum Gasteiger partial charge on any atom is 0.140 e. The highest BCUT2D eigenvalue weighted by atomic mass is 79.9.